The highest BCUT2D eigenvalue weighted by molar-refractivity contribution is 14.1. The molecule has 1 aliphatic rings. The van der Waals surface area contributed by atoms with E-state index in [0.717, 1.165) is 41.7 Å². The maximum absolute atomic E-state index is 7.00. The van der Waals surface area contributed by atoms with Crippen molar-refractivity contribution < 1.29 is 0 Å². The maximum atomic E-state index is 7.00. The smallest absolute Gasteiger partial charge is 0.0720 e. The van der Waals surface area contributed by atoms with Gasteiger partial charge in [-0.1, -0.05) is 64.0 Å². The summed E-state index contributed by atoms with van der Waals surface area (Å²) < 4.78 is 0.317. The number of fused-ring (bicyclic) bond motifs is 1. The SMILES string of the molecule is Cl.Cl.NC1(c2ccnc3cc(Cl)ccc23)CCC(NCc2cccc(Cl)c2)CC1I. The summed E-state index contributed by atoms with van der Waals surface area (Å²) >= 11 is 14.8. The highest BCUT2D eigenvalue weighted by Crippen LogP contribution is 2.42. The molecule has 3 nitrogen and oxygen atoms in total. The lowest BCUT2D eigenvalue weighted by Gasteiger charge is -2.42. The number of nitrogens with one attached hydrogen (secondary N) is 1. The number of hydrogen-bond donors (Lipinski definition) is 2. The number of pyridine rings is 1. The minimum absolute atomic E-state index is 0. The number of alkyl halides is 1. The Hall–Kier alpha value is -0.340. The van der Waals surface area contributed by atoms with Gasteiger partial charge in [-0.05, 0) is 60.7 Å². The van der Waals surface area contributed by atoms with Crippen LogP contribution >= 0.6 is 70.6 Å². The van der Waals surface area contributed by atoms with E-state index in [9.17, 15) is 0 Å². The van der Waals surface area contributed by atoms with Crippen LogP contribution in [0.25, 0.3) is 10.9 Å². The molecule has 1 aromatic heterocycles. The van der Waals surface area contributed by atoms with Crippen LogP contribution in [0, 0.1) is 0 Å². The monoisotopic (exact) mass is 597 g/mol. The third-order valence-corrected chi connectivity index (χ3v) is 7.74. The molecule has 0 saturated heterocycles. The molecule has 2 aromatic carbocycles. The van der Waals surface area contributed by atoms with Crippen LogP contribution in [0.15, 0.2) is 54.7 Å². The molecule has 0 amide bonds. The second-order valence-corrected chi connectivity index (χ2v) is 9.89. The molecule has 0 spiro atoms. The van der Waals surface area contributed by atoms with E-state index in [1.165, 1.54) is 11.1 Å². The largest absolute Gasteiger partial charge is 0.321 e. The summed E-state index contributed by atoms with van der Waals surface area (Å²) in [5.41, 5.74) is 9.91. The maximum Gasteiger partial charge on any atom is 0.0720 e. The number of aromatic nitrogens is 1. The van der Waals surface area contributed by atoms with Gasteiger partial charge in [0, 0.05) is 38.1 Å². The quantitative estimate of drug-likeness (QED) is 0.260. The fraction of sp³-hybridized carbons (Fsp3) is 0.318. The van der Waals surface area contributed by atoms with E-state index in [4.69, 9.17) is 28.9 Å². The van der Waals surface area contributed by atoms with E-state index in [1.807, 2.05) is 42.6 Å². The highest BCUT2D eigenvalue weighted by atomic mass is 127. The lowest BCUT2D eigenvalue weighted by molar-refractivity contribution is 0.271. The van der Waals surface area contributed by atoms with E-state index in [1.54, 1.807) is 0 Å². The van der Waals surface area contributed by atoms with Crippen molar-refractivity contribution in [3.63, 3.8) is 0 Å². The number of nitrogens with zero attached hydrogens (tertiary/aromatic N) is 1. The van der Waals surface area contributed by atoms with Crippen molar-refractivity contribution in [2.24, 2.45) is 5.73 Å². The zero-order valence-corrected chi connectivity index (χ0v) is 21.5. The Morgan fingerprint density at radius 2 is 1.87 bits per heavy atom. The number of hydrogen-bond acceptors (Lipinski definition) is 3. The highest BCUT2D eigenvalue weighted by Gasteiger charge is 2.41. The van der Waals surface area contributed by atoms with Gasteiger partial charge in [0.25, 0.3) is 0 Å². The van der Waals surface area contributed by atoms with Crippen LogP contribution in [0.3, 0.4) is 0 Å². The van der Waals surface area contributed by atoms with Gasteiger partial charge in [-0.2, -0.15) is 0 Å². The summed E-state index contributed by atoms with van der Waals surface area (Å²) in [7, 11) is 0. The topological polar surface area (TPSA) is 50.9 Å². The molecule has 3 atom stereocenters. The van der Waals surface area contributed by atoms with Crippen molar-refractivity contribution in [1.29, 1.82) is 0 Å². The van der Waals surface area contributed by atoms with Crippen molar-refractivity contribution >= 4 is 81.5 Å². The standard InChI is InChI=1S/C22H22Cl2IN3.2ClH/c23-15-3-1-2-14(10-15)13-28-17-6-8-22(26,21(25)12-17)19-7-9-27-20-11-16(24)4-5-18(19)20;;/h1-5,7,9-11,17,21,28H,6,8,12-13,26H2;2*1H. The Morgan fingerprint density at radius 1 is 1.10 bits per heavy atom. The summed E-state index contributed by atoms with van der Waals surface area (Å²) in [4.78, 5) is 4.47. The average Bonchev–Trinajstić information content (AvgIpc) is 2.68. The molecule has 30 heavy (non-hydrogen) atoms. The minimum atomic E-state index is -0.371. The van der Waals surface area contributed by atoms with Crippen molar-refractivity contribution in [1.82, 2.24) is 10.3 Å². The molecular weight excluding hydrogens is 575 g/mol. The van der Waals surface area contributed by atoms with E-state index >= 15 is 0 Å². The third kappa shape index (κ3) is 5.52. The Bertz CT molecular complexity index is 1000. The predicted molar refractivity (Wildman–Crippen MR) is 141 cm³/mol. The first-order valence-electron chi connectivity index (χ1n) is 9.41. The van der Waals surface area contributed by atoms with Crippen molar-refractivity contribution in [2.45, 2.75) is 41.3 Å². The van der Waals surface area contributed by atoms with Gasteiger partial charge in [0.1, 0.15) is 0 Å². The Labute approximate surface area is 213 Å². The van der Waals surface area contributed by atoms with Crippen molar-refractivity contribution in [3.05, 3.63) is 75.9 Å². The molecule has 0 bridgehead atoms. The molecular formula is C22H24Cl4IN3. The van der Waals surface area contributed by atoms with Gasteiger partial charge in [-0.25, -0.2) is 0 Å². The number of nitrogens with two attached hydrogens (primary N) is 1. The molecule has 1 aliphatic carbocycles. The summed E-state index contributed by atoms with van der Waals surface area (Å²) in [5, 5.41) is 6.25. The number of halogens is 5. The van der Waals surface area contributed by atoms with Gasteiger partial charge >= 0.3 is 0 Å². The van der Waals surface area contributed by atoms with E-state index in [-0.39, 0.29) is 30.4 Å². The normalized spacial score (nSPS) is 23.5. The second kappa shape index (κ2) is 11.0. The Morgan fingerprint density at radius 3 is 2.60 bits per heavy atom. The van der Waals surface area contributed by atoms with Crippen LogP contribution in [-0.2, 0) is 12.1 Å². The van der Waals surface area contributed by atoms with Crippen LogP contribution < -0.4 is 11.1 Å². The van der Waals surface area contributed by atoms with E-state index in [0.29, 0.717) is 15.0 Å². The minimum Gasteiger partial charge on any atom is -0.321 e. The van der Waals surface area contributed by atoms with Gasteiger partial charge in [0.15, 0.2) is 0 Å². The van der Waals surface area contributed by atoms with E-state index in [2.05, 4.69) is 45.0 Å². The van der Waals surface area contributed by atoms with Crippen molar-refractivity contribution in [3.8, 4) is 0 Å². The first-order valence-corrected chi connectivity index (χ1v) is 11.4. The van der Waals surface area contributed by atoms with Crippen LogP contribution in [0.4, 0.5) is 0 Å². The van der Waals surface area contributed by atoms with Crippen molar-refractivity contribution in [2.75, 3.05) is 0 Å². The molecule has 3 unspecified atom stereocenters. The first-order chi connectivity index (χ1) is 13.5. The molecule has 8 heteroatoms. The van der Waals surface area contributed by atoms with Crippen LogP contribution in [0.5, 0.6) is 0 Å². The zero-order valence-electron chi connectivity index (χ0n) is 16.2. The van der Waals surface area contributed by atoms with Gasteiger partial charge in [-0.15, -0.1) is 24.8 Å². The summed E-state index contributed by atoms with van der Waals surface area (Å²) in [6.45, 7) is 0.822. The number of benzene rings is 2. The molecule has 1 fully saturated rings. The Balaban J connectivity index is 0.00000160. The average molecular weight is 599 g/mol. The van der Waals surface area contributed by atoms with Gasteiger partial charge < -0.3 is 11.1 Å². The molecule has 0 aliphatic heterocycles. The predicted octanol–water partition coefficient (Wildman–Crippen LogP) is 6.69. The second-order valence-electron chi connectivity index (χ2n) is 7.51. The fourth-order valence-electron chi connectivity index (χ4n) is 4.07. The molecule has 0 radical (unpaired) electrons. The van der Waals surface area contributed by atoms with E-state index < -0.39 is 0 Å². The molecule has 3 aromatic rings. The van der Waals surface area contributed by atoms with Crippen LogP contribution in [-0.4, -0.2) is 15.0 Å². The lowest BCUT2D eigenvalue weighted by Crippen LogP contribution is -2.52. The number of rotatable bonds is 4. The van der Waals surface area contributed by atoms with Gasteiger partial charge in [0.05, 0.1) is 11.1 Å². The van der Waals surface area contributed by atoms with Gasteiger partial charge in [-0.3, -0.25) is 4.98 Å². The van der Waals surface area contributed by atoms with Crippen LogP contribution in [0.2, 0.25) is 10.0 Å². The Kier molecular flexibility index (Phi) is 9.50. The molecule has 3 N–H and O–H groups in total. The van der Waals surface area contributed by atoms with Gasteiger partial charge in [0.2, 0.25) is 0 Å². The lowest BCUT2D eigenvalue weighted by atomic mass is 9.74. The summed E-state index contributed by atoms with van der Waals surface area (Å²) in [6.07, 6.45) is 4.83. The first kappa shape index (κ1) is 25.9. The molecule has 1 saturated carbocycles. The zero-order chi connectivity index (χ0) is 19.7. The summed E-state index contributed by atoms with van der Waals surface area (Å²) in [5.74, 6) is 0. The fourth-order valence-corrected chi connectivity index (χ4v) is 5.71. The van der Waals surface area contributed by atoms with Crippen LogP contribution in [0.1, 0.15) is 30.4 Å². The molecule has 4 rings (SSSR count). The third-order valence-electron chi connectivity index (χ3n) is 5.65. The molecule has 162 valence electrons. The summed E-state index contributed by atoms with van der Waals surface area (Å²) in [6, 6.07) is 16.4. The molecule has 1 heterocycles.